The van der Waals surface area contributed by atoms with Gasteiger partial charge in [0.1, 0.15) is 29.0 Å². The van der Waals surface area contributed by atoms with Gasteiger partial charge in [-0.25, -0.2) is 5.01 Å². The number of hydrazone groups is 1. The van der Waals surface area contributed by atoms with Gasteiger partial charge in [-0.2, -0.15) is 5.10 Å². The second-order valence-corrected chi connectivity index (χ2v) is 5.57. The zero-order chi connectivity index (χ0) is 15.8. The van der Waals surface area contributed by atoms with Gasteiger partial charge in [-0.15, -0.1) is 11.6 Å². The maximum absolute atomic E-state index is 12.1. The summed E-state index contributed by atoms with van der Waals surface area (Å²) in [5, 5.41) is 6.81. The molecule has 0 bridgehead atoms. The van der Waals surface area contributed by atoms with Crippen LogP contribution in [0.1, 0.15) is 24.0 Å². The molecule has 4 rings (SSSR count). The van der Waals surface area contributed by atoms with Gasteiger partial charge in [0.25, 0.3) is 5.91 Å². The highest BCUT2D eigenvalue weighted by Crippen LogP contribution is 2.34. The monoisotopic (exact) mass is 328 g/mol. The lowest BCUT2D eigenvalue weighted by molar-refractivity contribution is -0.130. The molecule has 3 heterocycles. The zero-order valence-electron chi connectivity index (χ0n) is 12.1. The molecule has 6 heteroatoms. The van der Waals surface area contributed by atoms with Crippen LogP contribution in [0.15, 0.2) is 62.7 Å². The van der Waals surface area contributed by atoms with Crippen molar-refractivity contribution in [2.75, 3.05) is 5.88 Å². The summed E-state index contributed by atoms with van der Waals surface area (Å²) in [6, 6.07) is 13.0. The third kappa shape index (κ3) is 2.43. The molecule has 0 fully saturated rings. The van der Waals surface area contributed by atoms with Crippen molar-refractivity contribution in [3.63, 3.8) is 0 Å². The molecule has 23 heavy (non-hydrogen) atoms. The van der Waals surface area contributed by atoms with Gasteiger partial charge in [-0.3, -0.25) is 4.79 Å². The van der Waals surface area contributed by atoms with Crippen molar-refractivity contribution in [3.8, 4) is 0 Å². The van der Waals surface area contributed by atoms with Crippen LogP contribution < -0.4 is 0 Å². The van der Waals surface area contributed by atoms with Crippen LogP contribution in [0, 0.1) is 0 Å². The smallest absolute Gasteiger partial charge is 0.258 e. The molecule has 1 aliphatic heterocycles. The van der Waals surface area contributed by atoms with Crippen molar-refractivity contribution in [2.45, 2.75) is 12.5 Å². The molecule has 1 atom stereocenters. The highest BCUT2D eigenvalue weighted by Gasteiger charge is 2.35. The van der Waals surface area contributed by atoms with E-state index in [1.54, 1.807) is 12.3 Å². The Hall–Kier alpha value is -2.53. The quantitative estimate of drug-likeness (QED) is 0.684. The topological polar surface area (TPSA) is 59.0 Å². The SMILES string of the molecule is O=C(CCl)N1N=C(c2cc3ccccc3o2)C[C@H]1c1ccco1. The van der Waals surface area contributed by atoms with Crippen LogP contribution >= 0.6 is 11.6 Å². The standard InChI is InChI=1S/C17H13ClN2O3/c18-10-17(21)20-13(15-6-3-7-22-15)9-12(19-20)16-8-11-4-1-2-5-14(11)23-16/h1-8,13H,9-10H2/t13-/m0/s1. The predicted molar refractivity (Wildman–Crippen MR) is 86.4 cm³/mol. The second-order valence-electron chi connectivity index (χ2n) is 5.30. The number of alkyl halides is 1. The number of amides is 1. The minimum atomic E-state index is -0.292. The van der Waals surface area contributed by atoms with Crippen molar-refractivity contribution in [3.05, 3.63) is 60.2 Å². The normalized spacial score (nSPS) is 17.7. The third-order valence-electron chi connectivity index (χ3n) is 3.86. The number of para-hydroxylation sites is 1. The van der Waals surface area contributed by atoms with E-state index in [0.717, 1.165) is 11.0 Å². The Bertz CT molecular complexity index is 849. The van der Waals surface area contributed by atoms with Crippen LogP contribution in [-0.2, 0) is 4.79 Å². The van der Waals surface area contributed by atoms with Gasteiger partial charge in [0.2, 0.25) is 0 Å². The van der Waals surface area contributed by atoms with Crippen LogP contribution in [0.25, 0.3) is 11.0 Å². The minimum absolute atomic E-state index is 0.131. The number of furan rings is 2. The Kier molecular flexibility index (Phi) is 3.42. The van der Waals surface area contributed by atoms with Crippen LogP contribution in [0.2, 0.25) is 0 Å². The van der Waals surface area contributed by atoms with Gasteiger partial charge in [-0.05, 0) is 24.3 Å². The van der Waals surface area contributed by atoms with E-state index in [0.29, 0.717) is 23.7 Å². The number of hydrogen-bond acceptors (Lipinski definition) is 4. The van der Waals surface area contributed by atoms with Gasteiger partial charge in [-0.1, -0.05) is 18.2 Å². The molecule has 1 amide bonds. The molecule has 0 radical (unpaired) electrons. The van der Waals surface area contributed by atoms with Gasteiger partial charge in [0, 0.05) is 11.8 Å². The maximum atomic E-state index is 12.1. The summed E-state index contributed by atoms with van der Waals surface area (Å²) >= 11 is 5.70. The molecule has 1 aliphatic rings. The lowest BCUT2D eigenvalue weighted by Gasteiger charge is -2.18. The van der Waals surface area contributed by atoms with Gasteiger partial charge in [0.05, 0.1) is 6.26 Å². The van der Waals surface area contributed by atoms with E-state index in [1.807, 2.05) is 36.4 Å². The van der Waals surface area contributed by atoms with E-state index in [4.69, 9.17) is 20.4 Å². The van der Waals surface area contributed by atoms with Crippen molar-refractivity contribution in [2.24, 2.45) is 5.10 Å². The lowest BCUT2D eigenvalue weighted by Crippen LogP contribution is -2.27. The first kappa shape index (κ1) is 14.1. The minimum Gasteiger partial charge on any atom is -0.467 e. The summed E-state index contributed by atoms with van der Waals surface area (Å²) in [4.78, 5) is 12.1. The summed E-state index contributed by atoms with van der Waals surface area (Å²) in [6.45, 7) is 0. The summed E-state index contributed by atoms with van der Waals surface area (Å²) in [7, 11) is 0. The molecule has 116 valence electrons. The fourth-order valence-electron chi connectivity index (χ4n) is 2.78. The largest absolute Gasteiger partial charge is 0.467 e. The van der Waals surface area contributed by atoms with Crippen molar-refractivity contribution < 1.29 is 13.6 Å². The predicted octanol–water partition coefficient (Wildman–Crippen LogP) is 3.94. The molecule has 0 aliphatic carbocycles. The fourth-order valence-corrected chi connectivity index (χ4v) is 2.90. The number of fused-ring (bicyclic) bond motifs is 1. The molecule has 0 saturated heterocycles. The zero-order valence-corrected chi connectivity index (χ0v) is 12.9. The molecule has 0 spiro atoms. The summed E-state index contributed by atoms with van der Waals surface area (Å²) < 4.78 is 11.3. The van der Waals surface area contributed by atoms with Gasteiger partial charge in [0.15, 0.2) is 5.76 Å². The van der Waals surface area contributed by atoms with E-state index in [-0.39, 0.29) is 17.8 Å². The molecule has 1 aromatic carbocycles. The molecule has 0 N–H and O–H groups in total. The molecule has 2 aromatic heterocycles. The molecule has 0 saturated carbocycles. The second kappa shape index (κ2) is 5.59. The Morgan fingerprint density at radius 3 is 2.91 bits per heavy atom. The van der Waals surface area contributed by atoms with E-state index >= 15 is 0 Å². The fraction of sp³-hybridized carbons (Fsp3) is 0.176. The number of carbonyl (C=O) groups excluding carboxylic acids is 1. The Morgan fingerprint density at radius 2 is 2.17 bits per heavy atom. The van der Waals surface area contributed by atoms with Crippen LogP contribution in [0.3, 0.4) is 0 Å². The van der Waals surface area contributed by atoms with E-state index in [9.17, 15) is 4.79 Å². The average molecular weight is 329 g/mol. The van der Waals surface area contributed by atoms with Crippen LogP contribution in [0.5, 0.6) is 0 Å². The Labute approximate surface area is 137 Å². The van der Waals surface area contributed by atoms with Crippen LogP contribution in [-0.4, -0.2) is 22.5 Å². The maximum Gasteiger partial charge on any atom is 0.258 e. The molecule has 5 nitrogen and oxygen atoms in total. The number of hydrogen-bond donors (Lipinski definition) is 0. The third-order valence-corrected chi connectivity index (χ3v) is 4.09. The number of halogens is 1. The Balaban J connectivity index is 1.72. The molecular weight excluding hydrogens is 316 g/mol. The summed E-state index contributed by atoms with van der Waals surface area (Å²) in [5.41, 5.74) is 1.50. The van der Waals surface area contributed by atoms with Crippen molar-refractivity contribution in [1.82, 2.24) is 5.01 Å². The van der Waals surface area contributed by atoms with E-state index in [2.05, 4.69) is 5.10 Å². The first-order valence-corrected chi connectivity index (χ1v) is 7.77. The van der Waals surface area contributed by atoms with Crippen LogP contribution in [0.4, 0.5) is 0 Å². The van der Waals surface area contributed by atoms with E-state index in [1.165, 1.54) is 5.01 Å². The van der Waals surface area contributed by atoms with E-state index < -0.39 is 0 Å². The summed E-state index contributed by atoms with van der Waals surface area (Å²) in [5.74, 6) is 0.943. The van der Waals surface area contributed by atoms with Gasteiger partial charge >= 0.3 is 0 Å². The highest BCUT2D eigenvalue weighted by molar-refractivity contribution is 6.27. The summed E-state index contributed by atoms with van der Waals surface area (Å²) in [6.07, 6.45) is 2.10. The first-order chi connectivity index (χ1) is 11.3. The molecule has 0 unspecified atom stereocenters. The number of benzene rings is 1. The number of carbonyl (C=O) groups is 1. The molecular formula is C17H13ClN2O3. The lowest BCUT2D eigenvalue weighted by atomic mass is 10.1. The Morgan fingerprint density at radius 1 is 1.30 bits per heavy atom. The van der Waals surface area contributed by atoms with Crippen molar-refractivity contribution >= 4 is 34.2 Å². The number of rotatable bonds is 3. The molecule has 3 aromatic rings. The first-order valence-electron chi connectivity index (χ1n) is 7.24. The average Bonchev–Trinajstić information content (AvgIpc) is 3.30. The highest BCUT2D eigenvalue weighted by atomic mass is 35.5. The number of nitrogens with zero attached hydrogens (tertiary/aromatic N) is 2. The van der Waals surface area contributed by atoms with Gasteiger partial charge < -0.3 is 8.83 Å². The van der Waals surface area contributed by atoms with Crippen molar-refractivity contribution in [1.29, 1.82) is 0 Å².